The van der Waals surface area contributed by atoms with Crippen LogP contribution in [0.2, 0.25) is 0 Å². The molecule has 1 aliphatic rings. The molecule has 21 heavy (non-hydrogen) atoms. The zero-order chi connectivity index (χ0) is 15.6. The van der Waals surface area contributed by atoms with Crippen LogP contribution >= 0.6 is 15.9 Å². The van der Waals surface area contributed by atoms with Gasteiger partial charge in [-0.25, -0.2) is 8.42 Å². The van der Waals surface area contributed by atoms with Crippen molar-refractivity contribution in [1.82, 2.24) is 9.62 Å². The molecule has 0 aromatic heterocycles. The van der Waals surface area contributed by atoms with Gasteiger partial charge in [0.1, 0.15) is 10.6 Å². The van der Waals surface area contributed by atoms with E-state index in [0.29, 0.717) is 18.8 Å². The molecule has 1 atom stereocenters. The van der Waals surface area contributed by atoms with Gasteiger partial charge < -0.3 is 10.1 Å². The average Bonchev–Trinajstić information content (AvgIpc) is 2.90. The Balaban J connectivity index is 2.46. The summed E-state index contributed by atoms with van der Waals surface area (Å²) in [6, 6.07) is 3.39. The van der Waals surface area contributed by atoms with Gasteiger partial charge in [-0.3, -0.25) is 0 Å². The Morgan fingerprint density at radius 1 is 1.48 bits per heavy atom. The molecular formula is C14H21BrN2O3S. The van der Waals surface area contributed by atoms with Gasteiger partial charge in [-0.05, 0) is 44.5 Å². The number of halogens is 1. The topological polar surface area (TPSA) is 58.6 Å². The number of rotatable bonds is 5. The van der Waals surface area contributed by atoms with Crippen molar-refractivity contribution in [2.45, 2.75) is 30.7 Å². The highest BCUT2D eigenvalue weighted by molar-refractivity contribution is 9.10. The maximum absolute atomic E-state index is 13.0. The lowest BCUT2D eigenvalue weighted by Gasteiger charge is -2.25. The van der Waals surface area contributed by atoms with Crippen LogP contribution in [0.3, 0.4) is 0 Å². The van der Waals surface area contributed by atoms with E-state index >= 15 is 0 Å². The Hall–Kier alpha value is -0.630. The van der Waals surface area contributed by atoms with E-state index in [1.54, 1.807) is 16.4 Å². The summed E-state index contributed by atoms with van der Waals surface area (Å²) in [5.41, 5.74) is 0.944. The van der Waals surface area contributed by atoms with Crippen molar-refractivity contribution in [3.8, 4) is 5.75 Å². The standard InChI is InChI=1S/C14H21BrN2O3S/c1-10-7-13(20-3)14(8-12(10)15)21(18,19)17-6-4-5-11(17)9-16-2/h7-8,11,16H,4-6,9H2,1-3H3/t11-/m0/s1. The van der Waals surface area contributed by atoms with E-state index in [-0.39, 0.29) is 10.9 Å². The normalized spacial score (nSPS) is 19.9. The molecule has 0 amide bonds. The second-order valence-electron chi connectivity index (χ2n) is 5.22. The van der Waals surface area contributed by atoms with Crippen LogP contribution in [0.1, 0.15) is 18.4 Å². The number of benzene rings is 1. The third-order valence-electron chi connectivity index (χ3n) is 3.79. The van der Waals surface area contributed by atoms with E-state index in [2.05, 4.69) is 21.2 Å². The molecule has 0 radical (unpaired) electrons. The molecule has 1 aromatic rings. The first-order valence-electron chi connectivity index (χ1n) is 6.92. The molecule has 118 valence electrons. The summed E-state index contributed by atoms with van der Waals surface area (Å²) in [4.78, 5) is 0.227. The lowest BCUT2D eigenvalue weighted by atomic mass is 10.2. The van der Waals surface area contributed by atoms with Gasteiger partial charge in [-0.2, -0.15) is 4.31 Å². The lowest BCUT2D eigenvalue weighted by Crippen LogP contribution is -2.40. The van der Waals surface area contributed by atoms with Crippen LogP contribution in [0.25, 0.3) is 0 Å². The minimum atomic E-state index is -3.55. The van der Waals surface area contributed by atoms with Crippen LogP contribution in [0.4, 0.5) is 0 Å². The van der Waals surface area contributed by atoms with Crippen LogP contribution in [-0.2, 0) is 10.0 Å². The molecule has 1 heterocycles. The number of hydrogen-bond acceptors (Lipinski definition) is 4. The van der Waals surface area contributed by atoms with Crippen molar-refractivity contribution in [3.63, 3.8) is 0 Å². The highest BCUT2D eigenvalue weighted by Gasteiger charge is 2.36. The maximum atomic E-state index is 13.0. The summed E-state index contributed by atoms with van der Waals surface area (Å²) >= 11 is 3.41. The van der Waals surface area contributed by atoms with Gasteiger partial charge >= 0.3 is 0 Å². The second-order valence-corrected chi connectivity index (χ2v) is 7.94. The van der Waals surface area contributed by atoms with Crippen LogP contribution in [0.5, 0.6) is 5.75 Å². The first-order valence-corrected chi connectivity index (χ1v) is 9.15. The second kappa shape index (κ2) is 6.64. The van der Waals surface area contributed by atoms with Gasteiger partial charge in [0, 0.05) is 23.6 Å². The molecule has 0 aliphatic carbocycles. The number of hydrogen-bond donors (Lipinski definition) is 1. The van der Waals surface area contributed by atoms with Crippen molar-refractivity contribution >= 4 is 26.0 Å². The summed E-state index contributed by atoms with van der Waals surface area (Å²) < 4.78 is 33.6. The largest absolute Gasteiger partial charge is 0.495 e. The Morgan fingerprint density at radius 2 is 2.19 bits per heavy atom. The van der Waals surface area contributed by atoms with Crippen LogP contribution in [0, 0.1) is 6.92 Å². The first-order chi connectivity index (χ1) is 9.91. The fraction of sp³-hybridized carbons (Fsp3) is 0.571. The van der Waals surface area contributed by atoms with E-state index < -0.39 is 10.0 Å². The summed E-state index contributed by atoms with van der Waals surface area (Å²) in [5, 5.41) is 3.07. The molecule has 5 nitrogen and oxygen atoms in total. The molecule has 7 heteroatoms. The van der Waals surface area contributed by atoms with Gasteiger partial charge in [-0.1, -0.05) is 15.9 Å². The molecule has 0 unspecified atom stereocenters. The summed E-state index contributed by atoms with van der Waals surface area (Å²) in [7, 11) is -0.218. The zero-order valence-electron chi connectivity index (χ0n) is 12.5. The lowest BCUT2D eigenvalue weighted by molar-refractivity contribution is 0.370. The van der Waals surface area contributed by atoms with Gasteiger partial charge in [0.2, 0.25) is 10.0 Å². The molecule has 0 spiro atoms. The summed E-state index contributed by atoms with van der Waals surface area (Å²) in [6.45, 7) is 3.13. The summed E-state index contributed by atoms with van der Waals surface area (Å²) in [6.07, 6.45) is 1.77. The highest BCUT2D eigenvalue weighted by atomic mass is 79.9. The minimum Gasteiger partial charge on any atom is -0.495 e. The van der Waals surface area contributed by atoms with Crippen molar-refractivity contribution < 1.29 is 13.2 Å². The fourth-order valence-corrected chi connectivity index (χ4v) is 5.04. The van der Waals surface area contributed by atoms with Crippen molar-refractivity contribution in [1.29, 1.82) is 0 Å². The van der Waals surface area contributed by atoms with Crippen LogP contribution < -0.4 is 10.1 Å². The molecule has 1 fully saturated rings. The number of likely N-dealkylation sites (N-methyl/N-ethyl adjacent to an activating group) is 1. The number of nitrogens with one attached hydrogen (secondary N) is 1. The maximum Gasteiger partial charge on any atom is 0.247 e. The Kier molecular flexibility index (Phi) is 5.29. The predicted octanol–water partition coefficient (Wildman–Crippen LogP) is 2.14. The SMILES string of the molecule is CNC[C@@H]1CCCN1S(=O)(=O)c1cc(Br)c(C)cc1OC. The fourth-order valence-electron chi connectivity index (χ4n) is 2.69. The number of sulfonamides is 1. The molecule has 0 saturated carbocycles. The van der Waals surface area contributed by atoms with Crippen LogP contribution in [-0.4, -0.2) is 46.0 Å². The number of methoxy groups -OCH3 is 1. The van der Waals surface area contributed by atoms with Gasteiger partial charge in [0.05, 0.1) is 7.11 Å². The van der Waals surface area contributed by atoms with E-state index in [1.807, 2.05) is 14.0 Å². The summed E-state index contributed by atoms with van der Waals surface area (Å²) in [5.74, 6) is 0.394. The monoisotopic (exact) mass is 376 g/mol. The molecule has 0 bridgehead atoms. The molecule has 1 aromatic carbocycles. The van der Waals surface area contributed by atoms with Gasteiger partial charge in [-0.15, -0.1) is 0 Å². The minimum absolute atomic E-state index is 0.00443. The number of aryl methyl sites for hydroxylation is 1. The van der Waals surface area contributed by atoms with E-state index in [0.717, 1.165) is 22.9 Å². The van der Waals surface area contributed by atoms with Gasteiger partial charge in [0.15, 0.2) is 0 Å². The zero-order valence-corrected chi connectivity index (χ0v) is 14.9. The molecule has 2 rings (SSSR count). The van der Waals surface area contributed by atoms with Crippen molar-refractivity contribution in [2.75, 3.05) is 27.2 Å². The third kappa shape index (κ3) is 3.26. The Labute approximate surface area is 134 Å². The number of ether oxygens (including phenoxy) is 1. The smallest absolute Gasteiger partial charge is 0.247 e. The van der Waals surface area contributed by atoms with Crippen LogP contribution in [0.15, 0.2) is 21.5 Å². The molecule has 1 saturated heterocycles. The predicted molar refractivity (Wildman–Crippen MR) is 86.3 cm³/mol. The first kappa shape index (κ1) is 16.7. The molecular weight excluding hydrogens is 356 g/mol. The van der Waals surface area contributed by atoms with Crippen molar-refractivity contribution in [2.24, 2.45) is 0 Å². The van der Waals surface area contributed by atoms with Gasteiger partial charge in [0.25, 0.3) is 0 Å². The van der Waals surface area contributed by atoms with E-state index in [1.165, 1.54) is 7.11 Å². The quantitative estimate of drug-likeness (QED) is 0.854. The molecule has 1 aliphatic heterocycles. The highest BCUT2D eigenvalue weighted by Crippen LogP contribution is 2.34. The third-order valence-corrected chi connectivity index (χ3v) is 6.62. The van der Waals surface area contributed by atoms with E-state index in [4.69, 9.17) is 4.74 Å². The Bertz CT molecular complexity index is 619. The number of nitrogens with zero attached hydrogens (tertiary/aromatic N) is 1. The Morgan fingerprint density at radius 3 is 2.81 bits per heavy atom. The molecule has 1 N–H and O–H groups in total. The van der Waals surface area contributed by atoms with E-state index in [9.17, 15) is 8.42 Å². The van der Waals surface area contributed by atoms with Crippen molar-refractivity contribution in [3.05, 3.63) is 22.2 Å². The average molecular weight is 377 g/mol.